The summed E-state index contributed by atoms with van der Waals surface area (Å²) in [5.74, 6) is -0.253. The molecule has 0 unspecified atom stereocenters. The zero-order valence-electron chi connectivity index (χ0n) is 10.1. The van der Waals surface area contributed by atoms with Crippen molar-refractivity contribution in [3.8, 4) is 0 Å². The number of aromatic nitrogens is 3. The first-order valence-corrected chi connectivity index (χ1v) is 6.42. The van der Waals surface area contributed by atoms with Crippen LogP contribution in [0.15, 0.2) is 42.7 Å². The maximum atomic E-state index is 13.3. The Hall–Kier alpha value is -2.01. The van der Waals surface area contributed by atoms with Crippen LogP contribution in [0, 0.1) is 10.6 Å². The van der Waals surface area contributed by atoms with Crippen LogP contribution < -0.4 is 0 Å². The molecule has 0 saturated heterocycles. The minimum Gasteiger partial charge on any atom is -0.331 e. The summed E-state index contributed by atoms with van der Waals surface area (Å²) in [6.45, 7) is 0.702. The van der Waals surface area contributed by atoms with Gasteiger partial charge in [0.2, 0.25) is 0 Å². The summed E-state index contributed by atoms with van der Waals surface area (Å²) in [5.41, 5.74) is 2.79. The van der Waals surface area contributed by atoms with Crippen molar-refractivity contribution >= 4 is 23.3 Å². The van der Waals surface area contributed by atoms with E-state index in [1.165, 1.54) is 12.1 Å². The van der Waals surface area contributed by atoms with Crippen molar-refractivity contribution in [2.24, 2.45) is 0 Å². The van der Waals surface area contributed by atoms with Gasteiger partial charge in [0.25, 0.3) is 0 Å². The normalized spacial score (nSPS) is 11.0. The number of hydrogen-bond donors (Lipinski definition) is 1. The molecule has 0 spiro atoms. The molecule has 3 rings (SSSR count). The fourth-order valence-electron chi connectivity index (χ4n) is 2.13. The van der Waals surface area contributed by atoms with Crippen molar-refractivity contribution in [3.63, 3.8) is 0 Å². The molecule has 0 bridgehead atoms. The summed E-state index contributed by atoms with van der Waals surface area (Å²) < 4.78 is 15.9. The summed E-state index contributed by atoms with van der Waals surface area (Å²) in [7, 11) is 0. The van der Waals surface area contributed by atoms with Gasteiger partial charge in [-0.3, -0.25) is 4.98 Å². The number of imidazole rings is 1. The van der Waals surface area contributed by atoms with E-state index in [0.717, 1.165) is 23.0 Å². The standard InChI is InChI=1S/C14H12FN3S/c15-11-3-4-12-13(8-11)18(14(19)17-12)7-5-10-2-1-6-16-9-10/h1-4,6,8-9H,5,7H2,(H,17,19). The van der Waals surface area contributed by atoms with Gasteiger partial charge in [0, 0.05) is 18.9 Å². The Morgan fingerprint density at radius 3 is 3.00 bits per heavy atom. The highest BCUT2D eigenvalue weighted by Gasteiger charge is 2.05. The largest absolute Gasteiger partial charge is 0.331 e. The maximum Gasteiger partial charge on any atom is 0.178 e. The van der Waals surface area contributed by atoms with Crippen molar-refractivity contribution in [2.75, 3.05) is 0 Å². The van der Waals surface area contributed by atoms with Gasteiger partial charge in [-0.1, -0.05) is 6.07 Å². The van der Waals surface area contributed by atoms with E-state index < -0.39 is 0 Å². The van der Waals surface area contributed by atoms with E-state index >= 15 is 0 Å². The van der Waals surface area contributed by atoms with Gasteiger partial charge in [-0.2, -0.15) is 0 Å². The van der Waals surface area contributed by atoms with Gasteiger partial charge in [-0.05, 0) is 48.5 Å². The third-order valence-corrected chi connectivity index (χ3v) is 3.41. The van der Waals surface area contributed by atoms with Gasteiger partial charge in [-0.25, -0.2) is 4.39 Å². The minimum atomic E-state index is -0.253. The monoisotopic (exact) mass is 273 g/mol. The lowest BCUT2D eigenvalue weighted by Crippen LogP contribution is -2.01. The Morgan fingerprint density at radius 1 is 1.32 bits per heavy atom. The molecular weight excluding hydrogens is 261 g/mol. The predicted molar refractivity (Wildman–Crippen MR) is 75.0 cm³/mol. The highest BCUT2D eigenvalue weighted by Crippen LogP contribution is 2.16. The molecule has 2 heterocycles. The molecule has 0 atom stereocenters. The lowest BCUT2D eigenvalue weighted by Gasteiger charge is -2.04. The van der Waals surface area contributed by atoms with Crippen LogP contribution in [0.3, 0.4) is 0 Å². The zero-order valence-corrected chi connectivity index (χ0v) is 11.0. The number of H-pyrrole nitrogens is 1. The van der Waals surface area contributed by atoms with E-state index in [-0.39, 0.29) is 5.82 Å². The lowest BCUT2D eigenvalue weighted by molar-refractivity contribution is 0.627. The van der Waals surface area contributed by atoms with E-state index in [9.17, 15) is 4.39 Å². The fraction of sp³-hybridized carbons (Fsp3) is 0.143. The molecule has 0 saturated carbocycles. The highest BCUT2D eigenvalue weighted by molar-refractivity contribution is 7.71. The summed E-state index contributed by atoms with van der Waals surface area (Å²) in [6, 6.07) is 8.57. The number of benzene rings is 1. The number of aromatic amines is 1. The molecule has 19 heavy (non-hydrogen) atoms. The van der Waals surface area contributed by atoms with E-state index in [2.05, 4.69) is 9.97 Å². The molecule has 2 aromatic heterocycles. The number of hydrogen-bond acceptors (Lipinski definition) is 2. The lowest BCUT2D eigenvalue weighted by atomic mass is 10.2. The number of nitrogens with one attached hydrogen (secondary N) is 1. The van der Waals surface area contributed by atoms with Crippen molar-refractivity contribution in [3.05, 3.63) is 58.9 Å². The van der Waals surface area contributed by atoms with Crippen LogP contribution in [0.25, 0.3) is 11.0 Å². The first-order valence-electron chi connectivity index (χ1n) is 6.01. The summed E-state index contributed by atoms with van der Waals surface area (Å²) in [6.07, 6.45) is 4.39. The Labute approximate surface area is 114 Å². The Morgan fingerprint density at radius 2 is 2.21 bits per heavy atom. The Kier molecular flexibility index (Phi) is 3.13. The van der Waals surface area contributed by atoms with Gasteiger partial charge >= 0.3 is 0 Å². The van der Waals surface area contributed by atoms with Crippen LogP contribution in [0.4, 0.5) is 4.39 Å². The summed E-state index contributed by atoms with van der Waals surface area (Å²) in [4.78, 5) is 7.17. The van der Waals surface area contributed by atoms with Gasteiger partial charge in [0.15, 0.2) is 4.77 Å². The van der Waals surface area contributed by atoms with Gasteiger partial charge in [-0.15, -0.1) is 0 Å². The average molecular weight is 273 g/mol. The molecule has 3 aromatic rings. The molecule has 0 aliphatic rings. The molecule has 0 amide bonds. The van der Waals surface area contributed by atoms with Crippen molar-refractivity contribution in [1.29, 1.82) is 0 Å². The average Bonchev–Trinajstić information content (AvgIpc) is 2.73. The van der Waals surface area contributed by atoms with Gasteiger partial charge in [0.05, 0.1) is 11.0 Å². The number of pyridine rings is 1. The van der Waals surface area contributed by atoms with E-state index in [1.54, 1.807) is 12.3 Å². The quantitative estimate of drug-likeness (QED) is 0.741. The first kappa shape index (κ1) is 12.0. The van der Waals surface area contributed by atoms with Crippen molar-refractivity contribution < 1.29 is 4.39 Å². The van der Waals surface area contributed by atoms with Crippen LogP contribution in [-0.2, 0) is 13.0 Å². The fourth-order valence-corrected chi connectivity index (χ4v) is 2.43. The number of fused-ring (bicyclic) bond motifs is 1. The van der Waals surface area contributed by atoms with Crippen molar-refractivity contribution in [2.45, 2.75) is 13.0 Å². The second-order valence-corrected chi connectivity index (χ2v) is 4.74. The molecule has 0 aliphatic heterocycles. The molecule has 1 aromatic carbocycles. The third-order valence-electron chi connectivity index (χ3n) is 3.08. The Bertz CT molecular complexity index is 761. The summed E-state index contributed by atoms with van der Waals surface area (Å²) >= 11 is 5.28. The van der Waals surface area contributed by atoms with Crippen LogP contribution in [0.2, 0.25) is 0 Å². The highest BCUT2D eigenvalue weighted by atomic mass is 32.1. The molecule has 1 N–H and O–H groups in total. The minimum absolute atomic E-state index is 0.253. The zero-order chi connectivity index (χ0) is 13.2. The topological polar surface area (TPSA) is 33.6 Å². The number of nitrogens with zero attached hydrogens (tertiary/aromatic N) is 2. The molecule has 0 aliphatic carbocycles. The molecular formula is C14H12FN3S. The predicted octanol–water partition coefficient (Wildman–Crippen LogP) is 3.48. The SMILES string of the molecule is Fc1ccc2[nH]c(=S)n(CCc3cccnc3)c2c1. The smallest absolute Gasteiger partial charge is 0.178 e. The Balaban J connectivity index is 1.94. The van der Waals surface area contributed by atoms with Crippen LogP contribution in [0.5, 0.6) is 0 Å². The first-order chi connectivity index (χ1) is 9.24. The number of rotatable bonds is 3. The maximum absolute atomic E-state index is 13.3. The summed E-state index contributed by atoms with van der Waals surface area (Å²) in [5, 5.41) is 0. The number of halogens is 1. The second-order valence-electron chi connectivity index (χ2n) is 4.35. The van der Waals surface area contributed by atoms with E-state index in [1.807, 2.05) is 22.9 Å². The van der Waals surface area contributed by atoms with Crippen LogP contribution in [0.1, 0.15) is 5.56 Å². The van der Waals surface area contributed by atoms with Crippen LogP contribution in [-0.4, -0.2) is 14.5 Å². The number of aryl methyl sites for hydroxylation is 2. The van der Waals surface area contributed by atoms with Crippen LogP contribution >= 0.6 is 12.2 Å². The molecule has 0 fully saturated rings. The van der Waals surface area contributed by atoms with Gasteiger partial charge in [0.1, 0.15) is 5.82 Å². The molecule has 3 nitrogen and oxygen atoms in total. The molecule has 0 radical (unpaired) electrons. The molecule has 5 heteroatoms. The van der Waals surface area contributed by atoms with Gasteiger partial charge < -0.3 is 9.55 Å². The molecule has 96 valence electrons. The van der Waals surface area contributed by atoms with E-state index in [4.69, 9.17) is 12.2 Å². The third kappa shape index (κ3) is 2.42. The van der Waals surface area contributed by atoms with E-state index in [0.29, 0.717) is 11.3 Å². The second kappa shape index (κ2) is 4.93. The van der Waals surface area contributed by atoms with Crippen molar-refractivity contribution in [1.82, 2.24) is 14.5 Å².